The third-order valence-corrected chi connectivity index (χ3v) is 5.53. The van der Waals surface area contributed by atoms with Crippen molar-refractivity contribution < 1.29 is 9.53 Å². The molecular weight excluding hydrogens is 350 g/mol. The van der Waals surface area contributed by atoms with Crippen molar-refractivity contribution in [2.24, 2.45) is 0 Å². The van der Waals surface area contributed by atoms with Gasteiger partial charge in [-0.25, -0.2) is 9.50 Å². The molecule has 0 radical (unpaired) electrons. The molecule has 0 aliphatic carbocycles. The van der Waals surface area contributed by atoms with Crippen LogP contribution in [0.2, 0.25) is 0 Å². The molecule has 8 heteroatoms. The van der Waals surface area contributed by atoms with Crippen LogP contribution < -0.4 is 15.4 Å². The van der Waals surface area contributed by atoms with Gasteiger partial charge in [0.2, 0.25) is 0 Å². The van der Waals surface area contributed by atoms with Crippen LogP contribution in [0, 0.1) is 13.8 Å². The van der Waals surface area contributed by atoms with Crippen LogP contribution in [0.15, 0.2) is 23.8 Å². The lowest BCUT2D eigenvalue weighted by Crippen LogP contribution is -2.36. The minimum absolute atomic E-state index is 0.0818. The average Bonchev–Trinajstić information content (AvgIpc) is 3.32. The van der Waals surface area contributed by atoms with E-state index in [4.69, 9.17) is 4.74 Å². The maximum atomic E-state index is 12.8. The average molecular weight is 371 g/mol. The Labute approximate surface area is 155 Å². The van der Waals surface area contributed by atoms with Gasteiger partial charge in [0.05, 0.1) is 32.9 Å². The van der Waals surface area contributed by atoms with E-state index in [0.717, 1.165) is 35.6 Å². The Balaban J connectivity index is 1.57. The minimum atomic E-state index is -0.0818. The zero-order valence-corrected chi connectivity index (χ0v) is 15.6. The minimum Gasteiger partial charge on any atom is -0.488 e. The molecule has 7 nitrogen and oxygen atoms in total. The topological polar surface area (TPSA) is 80.5 Å². The van der Waals surface area contributed by atoms with Crippen molar-refractivity contribution in [3.05, 3.63) is 45.7 Å². The first-order chi connectivity index (χ1) is 12.6. The fraction of sp³-hybridized carbons (Fsp3) is 0.389. The normalized spacial score (nSPS) is 16.9. The highest BCUT2D eigenvalue weighted by Crippen LogP contribution is 2.23. The Kier molecular flexibility index (Phi) is 4.60. The number of nitrogens with zero attached hydrogens (tertiary/aromatic N) is 3. The second-order valence-corrected chi connectivity index (χ2v) is 7.40. The summed E-state index contributed by atoms with van der Waals surface area (Å²) in [6, 6.07) is 3.90. The zero-order valence-electron chi connectivity index (χ0n) is 14.8. The number of hydrogen-bond donors (Lipinski definition) is 2. The summed E-state index contributed by atoms with van der Waals surface area (Å²) < 4.78 is 7.63. The van der Waals surface area contributed by atoms with E-state index < -0.39 is 0 Å². The largest absolute Gasteiger partial charge is 0.488 e. The number of nitrogens with one attached hydrogen (secondary N) is 2. The van der Waals surface area contributed by atoms with Gasteiger partial charge in [0.1, 0.15) is 12.4 Å². The molecule has 26 heavy (non-hydrogen) atoms. The second-order valence-electron chi connectivity index (χ2n) is 6.47. The molecule has 136 valence electrons. The van der Waals surface area contributed by atoms with Gasteiger partial charge in [-0.1, -0.05) is 0 Å². The maximum absolute atomic E-state index is 12.8. The first-order valence-electron chi connectivity index (χ1n) is 8.64. The number of hydrogen-bond acceptors (Lipinski definition) is 6. The number of aryl methyl sites for hydroxylation is 2. The predicted molar refractivity (Wildman–Crippen MR) is 99.9 cm³/mol. The van der Waals surface area contributed by atoms with Gasteiger partial charge in [-0.05, 0) is 32.9 Å². The molecule has 4 heterocycles. The quantitative estimate of drug-likeness (QED) is 0.718. The van der Waals surface area contributed by atoms with Crippen molar-refractivity contribution in [3.8, 4) is 5.75 Å². The van der Waals surface area contributed by atoms with Crippen molar-refractivity contribution in [1.29, 1.82) is 0 Å². The Morgan fingerprint density at radius 1 is 1.46 bits per heavy atom. The fourth-order valence-electron chi connectivity index (χ4n) is 3.16. The summed E-state index contributed by atoms with van der Waals surface area (Å²) in [5.41, 5.74) is 4.88. The molecule has 1 amide bonds. The monoisotopic (exact) mass is 371 g/mol. The highest BCUT2D eigenvalue weighted by molar-refractivity contribution is 7.09. The molecule has 4 rings (SSSR count). The van der Waals surface area contributed by atoms with E-state index in [1.165, 1.54) is 0 Å². The number of ether oxygens (including phenoxy) is 1. The smallest absolute Gasteiger partial charge is 0.255 e. The molecule has 1 aliphatic heterocycles. The van der Waals surface area contributed by atoms with Gasteiger partial charge in [-0.15, -0.1) is 11.3 Å². The predicted octanol–water partition coefficient (Wildman–Crippen LogP) is 2.08. The highest BCUT2D eigenvalue weighted by Gasteiger charge is 2.22. The van der Waals surface area contributed by atoms with E-state index in [-0.39, 0.29) is 11.9 Å². The van der Waals surface area contributed by atoms with Crippen molar-refractivity contribution in [2.75, 3.05) is 13.1 Å². The fourth-order valence-corrected chi connectivity index (χ4v) is 3.85. The van der Waals surface area contributed by atoms with Gasteiger partial charge in [0.25, 0.3) is 5.91 Å². The molecule has 1 aliphatic rings. The van der Waals surface area contributed by atoms with E-state index in [9.17, 15) is 4.79 Å². The van der Waals surface area contributed by atoms with Crippen LogP contribution in [0.1, 0.15) is 33.0 Å². The van der Waals surface area contributed by atoms with Gasteiger partial charge in [0, 0.05) is 24.8 Å². The third kappa shape index (κ3) is 3.30. The van der Waals surface area contributed by atoms with Crippen LogP contribution in [0.25, 0.3) is 5.52 Å². The summed E-state index contributed by atoms with van der Waals surface area (Å²) in [7, 11) is 0. The van der Waals surface area contributed by atoms with Gasteiger partial charge in [-0.2, -0.15) is 5.10 Å². The maximum Gasteiger partial charge on any atom is 0.255 e. The third-order valence-electron chi connectivity index (χ3n) is 4.62. The number of pyridine rings is 1. The van der Waals surface area contributed by atoms with Gasteiger partial charge < -0.3 is 15.4 Å². The Morgan fingerprint density at radius 3 is 3.08 bits per heavy atom. The summed E-state index contributed by atoms with van der Waals surface area (Å²) in [4.78, 5) is 18.1. The van der Waals surface area contributed by atoms with Crippen LogP contribution in [-0.4, -0.2) is 39.6 Å². The standard InChI is InChI=1S/C18H21N5O2S/c1-11-16(26-10-20-11)9-25-14-4-6-23-15(7-14)17(12(2)22-23)18(24)21-13-3-5-19-8-13/h4,6-7,10,13,19H,3,5,8-9H2,1-2H3,(H,21,24). The molecule has 2 N–H and O–H groups in total. The Hall–Kier alpha value is -2.45. The van der Waals surface area contributed by atoms with Crippen LogP contribution in [-0.2, 0) is 6.61 Å². The number of rotatable bonds is 5. The zero-order chi connectivity index (χ0) is 18.1. The lowest BCUT2D eigenvalue weighted by molar-refractivity contribution is 0.0941. The number of fused-ring (bicyclic) bond motifs is 1. The van der Waals surface area contributed by atoms with Crippen molar-refractivity contribution in [2.45, 2.75) is 32.9 Å². The molecule has 0 bridgehead atoms. The molecule has 3 aromatic rings. The number of carbonyl (C=O) groups excluding carboxylic acids is 1. The van der Waals surface area contributed by atoms with E-state index in [1.807, 2.05) is 37.7 Å². The van der Waals surface area contributed by atoms with Crippen LogP contribution >= 0.6 is 11.3 Å². The molecule has 1 unspecified atom stereocenters. The summed E-state index contributed by atoms with van der Waals surface area (Å²) in [5.74, 6) is 0.628. The molecule has 1 atom stereocenters. The lowest BCUT2D eigenvalue weighted by Gasteiger charge is -2.11. The summed E-state index contributed by atoms with van der Waals surface area (Å²) >= 11 is 1.58. The molecule has 3 aromatic heterocycles. The van der Waals surface area contributed by atoms with E-state index in [2.05, 4.69) is 20.7 Å². The van der Waals surface area contributed by atoms with Crippen molar-refractivity contribution >= 4 is 22.8 Å². The molecule has 1 fully saturated rings. The molecular formula is C18H21N5O2S. The lowest BCUT2D eigenvalue weighted by atomic mass is 10.1. The number of amides is 1. The Morgan fingerprint density at radius 2 is 2.35 bits per heavy atom. The highest BCUT2D eigenvalue weighted by atomic mass is 32.1. The molecule has 0 aromatic carbocycles. The van der Waals surface area contributed by atoms with E-state index in [1.54, 1.807) is 15.9 Å². The first-order valence-corrected chi connectivity index (χ1v) is 9.52. The summed E-state index contributed by atoms with van der Waals surface area (Å²) in [6.45, 7) is 6.05. The van der Waals surface area contributed by atoms with Gasteiger partial charge in [0.15, 0.2) is 0 Å². The molecule has 0 spiro atoms. The second kappa shape index (κ2) is 7.05. The number of carbonyl (C=O) groups is 1. The van der Waals surface area contributed by atoms with Crippen LogP contribution in [0.3, 0.4) is 0 Å². The van der Waals surface area contributed by atoms with E-state index >= 15 is 0 Å². The summed E-state index contributed by atoms with van der Waals surface area (Å²) in [5, 5.41) is 10.8. The van der Waals surface area contributed by atoms with Crippen molar-refractivity contribution in [3.63, 3.8) is 0 Å². The number of aromatic nitrogens is 3. The van der Waals surface area contributed by atoms with E-state index in [0.29, 0.717) is 23.6 Å². The first kappa shape index (κ1) is 17.0. The summed E-state index contributed by atoms with van der Waals surface area (Å²) in [6.07, 6.45) is 2.78. The van der Waals surface area contributed by atoms with Gasteiger partial charge in [-0.3, -0.25) is 4.79 Å². The van der Waals surface area contributed by atoms with Crippen molar-refractivity contribution in [1.82, 2.24) is 25.2 Å². The number of thiazole rings is 1. The SMILES string of the molecule is Cc1ncsc1COc1ccn2nc(C)c(C(=O)NC3CCNC3)c2c1. The van der Waals surface area contributed by atoms with Crippen LogP contribution in [0.5, 0.6) is 5.75 Å². The van der Waals surface area contributed by atoms with Gasteiger partial charge >= 0.3 is 0 Å². The molecule has 0 saturated carbocycles. The molecule has 1 saturated heterocycles. The van der Waals surface area contributed by atoms with Crippen LogP contribution in [0.4, 0.5) is 0 Å². The Bertz CT molecular complexity index is 942.